The van der Waals surface area contributed by atoms with Gasteiger partial charge in [0.25, 0.3) is 0 Å². The Morgan fingerprint density at radius 2 is 1.65 bits per heavy atom. The average molecular weight is 415 g/mol. The molecule has 26 heavy (non-hydrogen) atoms. The molecule has 3 nitrogen and oxygen atoms in total. The Kier molecular flexibility index (Phi) is 5.02. The number of nitrogens with zero attached hydrogens (tertiary/aromatic N) is 1. The third-order valence-electron chi connectivity index (χ3n) is 5.14. The first kappa shape index (κ1) is 17.9. The van der Waals surface area contributed by atoms with Crippen molar-refractivity contribution in [3.05, 3.63) is 66.2 Å². The molecular formula is C22H26NO2Se+. The minimum absolute atomic E-state index is 0.0488. The zero-order valence-corrected chi connectivity index (χ0v) is 17.3. The Hall–Kier alpha value is -1.45. The van der Waals surface area contributed by atoms with Crippen molar-refractivity contribution in [3.63, 3.8) is 0 Å². The molecule has 4 heteroatoms. The molecule has 1 fully saturated rings. The van der Waals surface area contributed by atoms with Gasteiger partial charge >= 0.3 is 162 Å². The molecule has 0 spiro atoms. The van der Waals surface area contributed by atoms with E-state index in [9.17, 15) is 0 Å². The van der Waals surface area contributed by atoms with Crippen LogP contribution in [0.2, 0.25) is 5.32 Å². The fourth-order valence-corrected chi connectivity index (χ4v) is 6.13. The van der Waals surface area contributed by atoms with Gasteiger partial charge in [0, 0.05) is 0 Å². The molecule has 1 saturated heterocycles. The normalized spacial score (nSPS) is 27.8. The van der Waals surface area contributed by atoms with Gasteiger partial charge < -0.3 is 0 Å². The van der Waals surface area contributed by atoms with Gasteiger partial charge in [-0.05, 0) is 0 Å². The average Bonchev–Trinajstić information content (AvgIpc) is 3.12. The van der Waals surface area contributed by atoms with Gasteiger partial charge in [-0.2, -0.15) is 0 Å². The van der Waals surface area contributed by atoms with Crippen LogP contribution < -0.4 is 4.46 Å². The molecule has 2 aromatic rings. The zero-order valence-electron chi connectivity index (χ0n) is 15.5. The molecule has 2 aliphatic heterocycles. The van der Waals surface area contributed by atoms with Crippen molar-refractivity contribution in [2.45, 2.75) is 56.2 Å². The fraction of sp³-hybridized carbons (Fsp3) is 0.409. The van der Waals surface area contributed by atoms with Gasteiger partial charge in [0.2, 0.25) is 0 Å². The summed E-state index contributed by atoms with van der Waals surface area (Å²) in [6.45, 7) is 6.31. The van der Waals surface area contributed by atoms with Crippen LogP contribution in [0.4, 0.5) is 0 Å². The van der Waals surface area contributed by atoms with Gasteiger partial charge in [-0.1, -0.05) is 0 Å². The summed E-state index contributed by atoms with van der Waals surface area (Å²) in [6, 6.07) is 22.2. The Balaban J connectivity index is 1.58. The van der Waals surface area contributed by atoms with E-state index in [4.69, 9.17) is 9.47 Å². The third kappa shape index (κ3) is 3.65. The fourth-order valence-electron chi connectivity index (χ4n) is 3.88. The molecule has 0 saturated carbocycles. The van der Waals surface area contributed by atoms with Crippen molar-refractivity contribution >= 4 is 25.6 Å². The predicted octanol–water partition coefficient (Wildman–Crippen LogP) is 3.18. The summed E-state index contributed by atoms with van der Waals surface area (Å²) in [5.41, 5.74) is 1.33. The first-order chi connectivity index (χ1) is 12.5. The summed E-state index contributed by atoms with van der Waals surface area (Å²) in [5, 5.41) is 1.12. The van der Waals surface area contributed by atoms with Crippen molar-refractivity contribution in [3.8, 4) is 0 Å². The molecule has 0 N–H and O–H groups in total. The number of rotatable bonds is 5. The van der Waals surface area contributed by atoms with E-state index in [-0.39, 0.29) is 12.2 Å². The third-order valence-corrected chi connectivity index (χ3v) is 7.47. The molecule has 2 aromatic carbocycles. The second-order valence-electron chi connectivity index (χ2n) is 7.44. The van der Waals surface area contributed by atoms with Crippen LogP contribution in [0.5, 0.6) is 0 Å². The molecule has 136 valence electrons. The molecule has 1 unspecified atom stereocenters. The van der Waals surface area contributed by atoms with Gasteiger partial charge in [0.05, 0.1) is 0 Å². The van der Waals surface area contributed by atoms with E-state index in [1.165, 1.54) is 10.0 Å². The minimum atomic E-state index is -0.494. The van der Waals surface area contributed by atoms with Crippen LogP contribution in [0.15, 0.2) is 60.7 Å². The molecule has 4 atom stereocenters. The molecule has 0 bridgehead atoms. The van der Waals surface area contributed by atoms with E-state index < -0.39 is 5.79 Å². The molecule has 0 amide bonds. The van der Waals surface area contributed by atoms with Crippen LogP contribution in [-0.4, -0.2) is 49.8 Å². The molecule has 4 rings (SSSR count). The van der Waals surface area contributed by atoms with Crippen LogP contribution >= 0.6 is 0 Å². The van der Waals surface area contributed by atoms with E-state index in [0.29, 0.717) is 27.0 Å². The number of benzene rings is 2. The number of ether oxygens (including phenoxy) is 2. The molecule has 0 radical (unpaired) electrons. The van der Waals surface area contributed by atoms with Crippen molar-refractivity contribution in [2.75, 3.05) is 0 Å². The first-order valence-corrected chi connectivity index (χ1v) is 11.3. The summed E-state index contributed by atoms with van der Waals surface area (Å²) in [7, 11) is 0. The van der Waals surface area contributed by atoms with Gasteiger partial charge in [-0.25, -0.2) is 0 Å². The standard InChI is InChI=1S/C22H26NO2Se/c1-16(17-10-6-4-7-11-17)23-14-20-21(25-22(2,3)24-20)19(23)15-26-18-12-8-5-9-13-18/h4-14,16,19-21H,15H2,1-3H3/q+1/t16-,19?,20+,21-/m1/s1. The quantitative estimate of drug-likeness (QED) is 0.553. The van der Waals surface area contributed by atoms with E-state index in [1.807, 2.05) is 13.8 Å². The molecule has 0 aromatic heterocycles. The summed E-state index contributed by atoms with van der Waals surface area (Å²) < 4.78 is 16.4. The van der Waals surface area contributed by atoms with Crippen LogP contribution in [0.3, 0.4) is 0 Å². The summed E-state index contributed by atoms with van der Waals surface area (Å²) in [4.78, 5) is 0. The number of hydrogen-bond acceptors (Lipinski definition) is 2. The number of fused-ring (bicyclic) bond motifs is 1. The Morgan fingerprint density at radius 1 is 1.00 bits per heavy atom. The SMILES string of the molecule is C[C@H](c1ccccc1)[N+]1=C[C@@H]2OC(C)(C)O[C@@H]2C1C[Se]c1ccccc1. The van der Waals surface area contributed by atoms with E-state index in [0.717, 1.165) is 5.32 Å². The molecule has 2 heterocycles. The Bertz CT molecular complexity index is 775. The van der Waals surface area contributed by atoms with Crippen LogP contribution in [0.1, 0.15) is 32.4 Å². The van der Waals surface area contributed by atoms with Gasteiger partial charge in [-0.15, -0.1) is 0 Å². The van der Waals surface area contributed by atoms with E-state index in [2.05, 4.69) is 78.4 Å². The monoisotopic (exact) mass is 416 g/mol. The van der Waals surface area contributed by atoms with Crippen molar-refractivity contribution in [2.24, 2.45) is 0 Å². The van der Waals surface area contributed by atoms with Crippen molar-refractivity contribution in [1.29, 1.82) is 0 Å². The van der Waals surface area contributed by atoms with E-state index in [1.54, 1.807) is 0 Å². The Labute approximate surface area is 162 Å². The zero-order chi connectivity index (χ0) is 18.1. The van der Waals surface area contributed by atoms with Crippen LogP contribution in [0, 0.1) is 0 Å². The van der Waals surface area contributed by atoms with Gasteiger partial charge in [0.1, 0.15) is 0 Å². The van der Waals surface area contributed by atoms with Crippen LogP contribution in [0.25, 0.3) is 0 Å². The first-order valence-electron chi connectivity index (χ1n) is 9.24. The summed E-state index contributed by atoms with van der Waals surface area (Å²) in [6.07, 6.45) is 2.43. The second kappa shape index (κ2) is 7.28. The predicted molar refractivity (Wildman–Crippen MR) is 105 cm³/mol. The Morgan fingerprint density at radius 3 is 2.35 bits per heavy atom. The maximum absolute atomic E-state index is 6.30. The summed E-state index contributed by atoms with van der Waals surface area (Å²) in [5.74, 6) is -0.494. The van der Waals surface area contributed by atoms with Crippen molar-refractivity contribution < 1.29 is 14.0 Å². The summed E-state index contributed by atoms with van der Waals surface area (Å²) >= 11 is 0.416. The van der Waals surface area contributed by atoms with Crippen LogP contribution in [-0.2, 0) is 9.47 Å². The van der Waals surface area contributed by atoms with E-state index >= 15 is 0 Å². The topological polar surface area (TPSA) is 21.5 Å². The van der Waals surface area contributed by atoms with Gasteiger partial charge in [-0.3, -0.25) is 0 Å². The molecule has 2 aliphatic rings. The maximum atomic E-state index is 6.30. The number of hydrogen-bond donors (Lipinski definition) is 0. The molecular weight excluding hydrogens is 389 g/mol. The molecule has 0 aliphatic carbocycles. The second-order valence-corrected chi connectivity index (χ2v) is 9.73. The van der Waals surface area contributed by atoms with Gasteiger partial charge in [0.15, 0.2) is 0 Å². The van der Waals surface area contributed by atoms with Crippen molar-refractivity contribution in [1.82, 2.24) is 0 Å².